The van der Waals surface area contributed by atoms with Crippen LogP contribution in [0.15, 0.2) is 40.8 Å². The molecule has 0 aliphatic carbocycles. The van der Waals surface area contributed by atoms with Crippen molar-refractivity contribution in [3.8, 4) is 11.8 Å². The number of benzene rings is 1. The van der Waals surface area contributed by atoms with E-state index in [1.807, 2.05) is 31.2 Å². The van der Waals surface area contributed by atoms with Crippen LogP contribution in [0.5, 0.6) is 0 Å². The molecule has 0 saturated carbocycles. The standard InChI is InChI=1S/C17H19NO2/c1-14-5-10-17(20-14)13-18(2)12-16-8-6-15(7-9-16)4-3-11-19/h5-10,19H,11-13H2,1-2H3. The van der Waals surface area contributed by atoms with Gasteiger partial charge in [-0.25, -0.2) is 0 Å². The van der Waals surface area contributed by atoms with Gasteiger partial charge in [0.15, 0.2) is 0 Å². The van der Waals surface area contributed by atoms with Gasteiger partial charge in [-0.15, -0.1) is 0 Å². The molecule has 1 heterocycles. The van der Waals surface area contributed by atoms with Crippen LogP contribution in [0.1, 0.15) is 22.6 Å². The molecule has 20 heavy (non-hydrogen) atoms. The van der Waals surface area contributed by atoms with E-state index in [9.17, 15) is 0 Å². The van der Waals surface area contributed by atoms with Gasteiger partial charge in [-0.05, 0) is 43.8 Å². The normalized spacial score (nSPS) is 10.4. The van der Waals surface area contributed by atoms with Gasteiger partial charge in [0, 0.05) is 12.1 Å². The molecule has 0 aliphatic heterocycles. The van der Waals surface area contributed by atoms with Gasteiger partial charge in [0.1, 0.15) is 18.1 Å². The van der Waals surface area contributed by atoms with Crippen LogP contribution >= 0.6 is 0 Å². The van der Waals surface area contributed by atoms with Crippen LogP contribution in [-0.2, 0) is 13.1 Å². The Labute approximate surface area is 119 Å². The summed E-state index contributed by atoms with van der Waals surface area (Å²) in [6, 6.07) is 12.1. The van der Waals surface area contributed by atoms with Crippen molar-refractivity contribution in [1.29, 1.82) is 0 Å². The Morgan fingerprint density at radius 3 is 2.45 bits per heavy atom. The molecule has 3 nitrogen and oxygen atoms in total. The highest BCUT2D eigenvalue weighted by molar-refractivity contribution is 5.36. The molecule has 1 N–H and O–H groups in total. The lowest BCUT2D eigenvalue weighted by molar-refractivity contribution is 0.285. The zero-order valence-electron chi connectivity index (χ0n) is 11.9. The molecular formula is C17H19NO2. The number of furan rings is 1. The monoisotopic (exact) mass is 269 g/mol. The van der Waals surface area contributed by atoms with Crippen LogP contribution in [0.4, 0.5) is 0 Å². The van der Waals surface area contributed by atoms with Gasteiger partial charge < -0.3 is 9.52 Å². The molecule has 104 valence electrons. The summed E-state index contributed by atoms with van der Waals surface area (Å²) in [6.07, 6.45) is 0. The number of aliphatic hydroxyl groups excluding tert-OH is 1. The third-order valence-corrected chi connectivity index (χ3v) is 2.94. The summed E-state index contributed by atoms with van der Waals surface area (Å²) < 4.78 is 5.57. The van der Waals surface area contributed by atoms with Crippen molar-refractivity contribution in [3.63, 3.8) is 0 Å². The number of rotatable bonds is 4. The predicted molar refractivity (Wildman–Crippen MR) is 79.0 cm³/mol. The Morgan fingerprint density at radius 1 is 1.10 bits per heavy atom. The number of aliphatic hydroxyl groups is 1. The summed E-state index contributed by atoms with van der Waals surface area (Å²) >= 11 is 0. The van der Waals surface area contributed by atoms with E-state index in [1.165, 1.54) is 5.56 Å². The number of nitrogens with zero attached hydrogens (tertiary/aromatic N) is 1. The molecule has 3 heteroatoms. The zero-order chi connectivity index (χ0) is 14.4. The molecule has 0 radical (unpaired) electrons. The quantitative estimate of drug-likeness (QED) is 0.867. The van der Waals surface area contributed by atoms with E-state index in [-0.39, 0.29) is 6.61 Å². The summed E-state index contributed by atoms with van der Waals surface area (Å²) in [4.78, 5) is 2.20. The largest absolute Gasteiger partial charge is 0.465 e. The topological polar surface area (TPSA) is 36.6 Å². The third-order valence-electron chi connectivity index (χ3n) is 2.94. The van der Waals surface area contributed by atoms with E-state index in [4.69, 9.17) is 9.52 Å². The summed E-state index contributed by atoms with van der Waals surface area (Å²) in [7, 11) is 2.07. The first-order valence-electron chi connectivity index (χ1n) is 6.60. The van der Waals surface area contributed by atoms with Gasteiger partial charge in [0.2, 0.25) is 0 Å². The summed E-state index contributed by atoms with van der Waals surface area (Å²) in [5, 5.41) is 8.65. The minimum Gasteiger partial charge on any atom is -0.465 e. The molecule has 0 bridgehead atoms. The van der Waals surface area contributed by atoms with Gasteiger partial charge in [0.05, 0.1) is 6.54 Å². The minimum absolute atomic E-state index is 0.104. The molecule has 0 spiro atoms. The summed E-state index contributed by atoms with van der Waals surface area (Å²) in [6.45, 7) is 3.50. The van der Waals surface area contributed by atoms with Crippen LogP contribution in [-0.4, -0.2) is 23.7 Å². The van der Waals surface area contributed by atoms with Gasteiger partial charge in [-0.2, -0.15) is 0 Å². The Hall–Kier alpha value is -2.02. The lowest BCUT2D eigenvalue weighted by Gasteiger charge is -2.15. The van der Waals surface area contributed by atoms with Crippen molar-refractivity contribution >= 4 is 0 Å². The van der Waals surface area contributed by atoms with Gasteiger partial charge in [-0.3, -0.25) is 4.90 Å². The van der Waals surface area contributed by atoms with Crippen LogP contribution in [0.2, 0.25) is 0 Å². The van der Waals surface area contributed by atoms with E-state index >= 15 is 0 Å². The second-order valence-corrected chi connectivity index (χ2v) is 4.84. The van der Waals surface area contributed by atoms with Crippen molar-refractivity contribution in [2.24, 2.45) is 0 Å². The fraction of sp³-hybridized carbons (Fsp3) is 0.294. The van der Waals surface area contributed by atoms with Crippen LogP contribution in [0.25, 0.3) is 0 Å². The highest BCUT2D eigenvalue weighted by Gasteiger charge is 2.04. The molecule has 0 saturated heterocycles. The SMILES string of the molecule is Cc1ccc(CN(C)Cc2ccc(C#CCO)cc2)o1. The van der Waals surface area contributed by atoms with Crippen molar-refractivity contribution in [3.05, 3.63) is 59.0 Å². The van der Waals surface area contributed by atoms with Crippen LogP contribution < -0.4 is 0 Å². The second kappa shape index (κ2) is 6.95. The molecule has 0 aliphatic rings. The van der Waals surface area contributed by atoms with E-state index in [0.717, 1.165) is 30.2 Å². The Balaban J connectivity index is 1.92. The number of hydrogen-bond donors (Lipinski definition) is 1. The van der Waals surface area contributed by atoms with E-state index in [2.05, 4.69) is 35.9 Å². The molecule has 0 fully saturated rings. The van der Waals surface area contributed by atoms with Gasteiger partial charge >= 0.3 is 0 Å². The van der Waals surface area contributed by atoms with E-state index in [0.29, 0.717) is 0 Å². The highest BCUT2D eigenvalue weighted by atomic mass is 16.3. The molecule has 1 aromatic heterocycles. The summed E-state index contributed by atoms with van der Waals surface area (Å²) in [5.41, 5.74) is 2.15. The maximum atomic E-state index is 8.65. The first-order valence-corrected chi connectivity index (χ1v) is 6.60. The van der Waals surface area contributed by atoms with Gasteiger partial charge in [0.25, 0.3) is 0 Å². The lowest BCUT2D eigenvalue weighted by Crippen LogP contribution is -2.16. The van der Waals surface area contributed by atoms with Crippen molar-refractivity contribution < 1.29 is 9.52 Å². The molecule has 2 aromatic rings. The average molecular weight is 269 g/mol. The van der Waals surface area contributed by atoms with Crippen LogP contribution in [0, 0.1) is 18.8 Å². The fourth-order valence-corrected chi connectivity index (χ4v) is 2.04. The highest BCUT2D eigenvalue weighted by Crippen LogP contribution is 2.11. The Bertz CT molecular complexity index is 602. The van der Waals surface area contributed by atoms with Crippen molar-refractivity contribution in [2.75, 3.05) is 13.7 Å². The van der Waals surface area contributed by atoms with Crippen molar-refractivity contribution in [1.82, 2.24) is 4.90 Å². The molecule has 0 amide bonds. The van der Waals surface area contributed by atoms with E-state index in [1.54, 1.807) is 0 Å². The van der Waals surface area contributed by atoms with Crippen LogP contribution in [0.3, 0.4) is 0 Å². The molecular weight excluding hydrogens is 250 g/mol. The molecule has 0 atom stereocenters. The molecule has 1 aromatic carbocycles. The fourth-order valence-electron chi connectivity index (χ4n) is 2.04. The number of aryl methyl sites for hydroxylation is 1. The first kappa shape index (κ1) is 14.4. The zero-order valence-corrected chi connectivity index (χ0v) is 11.9. The maximum absolute atomic E-state index is 8.65. The third kappa shape index (κ3) is 4.27. The average Bonchev–Trinajstić information content (AvgIpc) is 2.83. The molecule has 0 unspecified atom stereocenters. The van der Waals surface area contributed by atoms with Crippen molar-refractivity contribution in [2.45, 2.75) is 20.0 Å². The lowest BCUT2D eigenvalue weighted by atomic mass is 10.1. The Morgan fingerprint density at radius 2 is 1.85 bits per heavy atom. The predicted octanol–water partition coefficient (Wildman–Crippen LogP) is 2.56. The second-order valence-electron chi connectivity index (χ2n) is 4.84. The van der Waals surface area contributed by atoms with Gasteiger partial charge in [-0.1, -0.05) is 24.0 Å². The summed E-state index contributed by atoms with van der Waals surface area (Å²) in [5.74, 6) is 7.46. The first-order chi connectivity index (χ1) is 9.67. The Kier molecular flexibility index (Phi) is 5.00. The smallest absolute Gasteiger partial charge is 0.118 e. The number of hydrogen-bond acceptors (Lipinski definition) is 3. The molecule has 2 rings (SSSR count). The maximum Gasteiger partial charge on any atom is 0.118 e. The minimum atomic E-state index is -0.104. The van der Waals surface area contributed by atoms with E-state index < -0.39 is 0 Å².